The summed E-state index contributed by atoms with van der Waals surface area (Å²) in [6, 6.07) is 27.0. The van der Waals surface area contributed by atoms with Crippen molar-refractivity contribution in [3.8, 4) is 22.8 Å². The lowest BCUT2D eigenvalue weighted by molar-refractivity contribution is 1.07. The van der Waals surface area contributed by atoms with Crippen molar-refractivity contribution in [1.29, 1.82) is 0 Å². The molecule has 1 aromatic heterocycles. The summed E-state index contributed by atoms with van der Waals surface area (Å²) < 4.78 is 0. The molecular formula is C27H19N3. The molecule has 0 atom stereocenters. The first kappa shape index (κ1) is 18.0. The molecule has 4 aromatic carbocycles. The summed E-state index contributed by atoms with van der Waals surface area (Å²) in [5.41, 5.74) is 3.13. The molecule has 5 aromatic rings. The van der Waals surface area contributed by atoms with E-state index in [1.807, 2.05) is 36.4 Å². The summed E-state index contributed by atoms with van der Waals surface area (Å²) in [4.78, 5) is 13.5. The van der Waals surface area contributed by atoms with E-state index in [0.29, 0.717) is 11.6 Å². The lowest BCUT2D eigenvalue weighted by atomic mass is 9.95. The van der Waals surface area contributed by atoms with Crippen molar-refractivity contribution >= 4 is 27.6 Å². The molecule has 0 aliphatic carbocycles. The number of nitrogens with zero attached hydrogens (tertiary/aromatic N) is 3. The predicted octanol–water partition coefficient (Wildman–Crippen LogP) is 6.71. The molecule has 3 heteroatoms. The van der Waals surface area contributed by atoms with E-state index in [4.69, 9.17) is 4.98 Å². The van der Waals surface area contributed by atoms with E-state index in [9.17, 15) is 0 Å². The fourth-order valence-corrected chi connectivity index (χ4v) is 3.74. The highest BCUT2D eigenvalue weighted by Gasteiger charge is 2.09. The molecule has 0 aliphatic heterocycles. The summed E-state index contributed by atoms with van der Waals surface area (Å²) in [5, 5.41) is 4.78. The van der Waals surface area contributed by atoms with Crippen molar-refractivity contribution in [3.63, 3.8) is 0 Å². The van der Waals surface area contributed by atoms with E-state index >= 15 is 0 Å². The number of allylic oxidation sites excluding steroid dienone is 2. The van der Waals surface area contributed by atoms with Gasteiger partial charge in [-0.1, -0.05) is 91.5 Å². The molecule has 0 aliphatic rings. The molecule has 0 saturated heterocycles. The molecule has 0 bridgehead atoms. The Bertz CT molecular complexity index is 1400. The van der Waals surface area contributed by atoms with E-state index in [2.05, 4.69) is 71.2 Å². The van der Waals surface area contributed by atoms with Gasteiger partial charge in [-0.2, -0.15) is 0 Å². The minimum absolute atomic E-state index is 0.672. The van der Waals surface area contributed by atoms with Crippen molar-refractivity contribution in [1.82, 2.24) is 15.0 Å². The largest absolute Gasteiger partial charge is 0.217 e. The quantitative estimate of drug-likeness (QED) is 0.255. The van der Waals surface area contributed by atoms with Crippen LogP contribution in [0.2, 0.25) is 0 Å². The molecule has 0 spiro atoms. The molecule has 0 radical (unpaired) electrons. The van der Waals surface area contributed by atoms with E-state index in [0.717, 1.165) is 11.1 Å². The van der Waals surface area contributed by atoms with Crippen LogP contribution in [0.1, 0.15) is 5.56 Å². The third-order valence-electron chi connectivity index (χ3n) is 5.17. The fourth-order valence-electron chi connectivity index (χ4n) is 3.74. The molecule has 142 valence electrons. The predicted molar refractivity (Wildman–Crippen MR) is 125 cm³/mol. The summed E-state index contributed by atoms with van der Waals surface area (Å²) >= 11 is 0. The Balaban J connectivity index is 1.68. The second kappa shape index (κ2) is 7.72. The van der Waals surface area contributed by atoms with Crippen molar-refractivity contribution in [2.24, 2.45) is 0 Å². The second-order valence-electron chi connectivity index (χ2n) is 7.04. The minimum Gasteiger partial charge on any atom is -0.217 e. The summed E-state index contributed by atoms with van der Waals surface area (Å²) in [6.45, 7) is 3.79. The lowest BCUT2D eigenvalue weighted by Crippen LogP contribution is -1.95. The molecule has 0 unspecified atom stereocenters. The van der Waals surface area contributed by atoms with Gasteiger partial charge in [0.15, 0.2) is 11.6 Å². The molecule has 1 heterocycles. The first-order valence-electron chi connectivity index (χ1n) is 9.83. The molecule has 0 amide bonds. The average Bonchev–Trinajstić information content (AvgIpc) is 2.83. The molecule has 0 saturated carbocycles. The van der Waals surface area contributed by atoms with Crippen LogP contribution in [0.3, 0.4) is 0 Å². The van der Waals surface area contributed by atoms with Crippen molar-refractivity contribution in [2.45, 2.75) is 0 Å². The number of hydrogen-bond donors (Lipinski definition) is 0. The maximum absolute atomic E-state index is 4.71. The van der Waals surface area contributed by atoms with Crippen LogP contribution >= 0.6 is 0 Å². The van der Waals surface area contributed by atoms with Crippen LogP contribution < -0.4 is 0 Å². The first-order valence-corrected chi connectivity index (χ1v) is 9.83. The van der Waals surface area contributed by atoms with Crippen LogP contribution in [0.5, 0.6) is 0 Å². The van der Waals surface area contributed by atoms with E-state index in [1.54, 1.807) is 12.4 Å². The third kappa shape index (κ3) is 3.27. The van der Waals surface area contributed by atoms with Gasteiger partial charge in [-0.05, 0) is 39.2 Å². The van der Waals surface area contributed by atoms with Crippen LogP contribution in [-0.2, 0) is 0 Å². The van der Waals surface area contributed by atoms with Crippen LogP contribution in [0.15, 0.2) is 104 Å². The SMILES string of the molecule is C=C/C=C\c1cc2ccc(-c3ncnc(-c4ccccc4)n3)cc2c2ccccc12. The third-order valence-corrected chi connectivity index (χ3v) is 5.17. The monoisotopic (exact) mass is 385 g/mol. The maximum Gasteiger partial charge on any atom is 0.163 e. The smallest absolute Gasteiger partial charge is 0.163 e. The molecule has 0 fully saturated rings. The highest BCUT2D eigenvalue weighted by atomic mass is 15.0. The fraction of sp³-hybridized carbons (Fsp3) is 0. The summed E-state index contributed by atoms with van der Waals surface area (Å²) in [6.07, 6.45) is 7.45. The number of rotatable bonds is 4. The number of benzene rings is 4. The normalized spacial score (nSPS) is 11.3. The maximum atomic E-state index is 4.71. The van der Waals surface area contributed by atoms with E-state index in [1.165, 1.54) is 27.1 Å². The standard InChI is InChI=1S/C27H19N3/c1-2-3-9-20-16-21-14-15-22(17-25(21)24-13-8-7-12-23(20)24)27-29-18-28-26(30-27)19-10-5-4-6-11-19/h2-18H,1H2/b9-3-. The molecule has 3 nitrogen and oxygen atoms in total. The van der Waals surface area contributed by atoms with Crippen LogP contribution in [-0.4, -0.2) is 15.0 Å². The minimum atomic E-state index is 0.672. The Kier molecular flexibility index (Phi) is 4.62. The molecule has 0 N–H and O–H groups in total. The highest BCUT2D eigenvalue weighted by molar-refractivity contribution is 6.11. The Morgan fingerprint density at radius 1 is 0.667 bits per heavy atom. The lowest BCUT2D eigenvalue weighted by Gasteiger charge is -2.10. The van der Waals surface area contributed by atoms with Gasteiger partial charge in [-0.3, -0.25) is 0 Å². The topological polar surface area (TPSA) is 38.7 Å². The van der Waals surface area contributed by atoms with Gasteiger partial charge >= 0.3 is 0 Å². The number of fused-ring (bicyclic) bond motifs is 3. The molecule has 5 rings (SSSR count). The van der Waals surface area contributed by atoms with Gasteiger partial charge in [0.05, 0.1) is 0 Å². The van der Waals surface area contributed by atoms with Gasteiger partial charge in [0.1, 0.15) is 6.33 Å². The van der Waals surface area contributed by atoms with Gasteiger partial charge in [-0.25, -0.2) is 15.0 Å². The van der Waals surface area contributed by atoms with Gasteiger partial charge < -0.3 is 0 Å². The van der Waals surface area contributed by atoms with E-state index < -0.39 is 0 Å². The zero-order chi connectivity index (χ0) is 20.3. The Labute approximate surface area is 175 Å². The van der Waals surface area contributed by atoms with Crippen LogP contribution in [0, 0.1) is 0 Å². The van der Waals surface area contributed by atoms with Crippen molar-refractivity contribution < 1.29 is 0 Å². The van der Waals surface area contributed by atoms with Crippen molar-refractivity contribution in [3.05, 3.63) is 109 Å². The Morgan fingerprint density at radius 3 is 2.20 bits per heavy atom. The zero-order valence-corrected chi connectivity index (χ0v) is 16.4. The van der Waals surface area contributed by atoms with Gasteiger partial charge in [0.2, 0.25) is 0 Å². The highest BCUT2D eigenvalue weighted by Crippen LogP contribution is 2.32. The number of hydrogen-bond acceptors (Lipinski definition) is 3. The molecule has 30 heavy (non-hydrogen) atoms. The van der Waals surface area contributed by atoms with E-state index in [-0.39, 0.29) is 0 Å². The first-order chi connectivity index (χ1) is 14.8. The van der Waals surface area contributed by atoms with Gasteiger partial charge in [-0.15, -0.1) is 0 Å². The Hall–Kier alpha value is -4.11. The van der Waals surface area contributed by atoms with Crippen LogP contribution in [0.4, 0.5) is 0 Å². The molecular weight excluding hydrogens is 366 g/mol. The number of aromatic nitrogens is 3. The zero-order valence-electron chi connectivity index (χ0n) is 16.4. The van der Waals surface area contributed by atoms with Crippen molar-refractivity contribution in [2.75, 3.05) is 0 Å². The summed E-state index contributed by atoms with van der Waals surface area (Å²) in [7, 11) is 0. The van der Waals surface area contributed by atoms with Gasteiger partial charge in [0, 0.05) is 11.1 Å². The Morgan fingerprint density at radius 2 is 1.40 bits per heavy atom. The van der Waals surface area contributed by atoms with Gasteiger partial charge in [0.25, 0.3) is 0 Å². The summed E-state index contributed by atoms with van der Waals surface area (Å²) in [5.74, 6) is 1.35. The second-order valence-corrected chi connectivity index (χ2v) is 7.04. The average molecular weight is 385 g/mol. The van der Waals surface area contributed by atoms with Crippen LogP contribution in [0.25, 0.3) is 50.4 Å².